The highest BCUT2D eigenvalue weighted by Gasteiger charge is 2.11. The molecule has 3 heteroatoms. The molecule has 0 fully saturated rings. The second-order valence-corrected chi connectivity index (χ2v) is 5.20. The van der Waals surface area contributed by atoms with Crippen molar-refractivity contribution >= 4 is 16.6 Å². The average molecular weight is 278 g/mol. The van der Waals surface area contributed by atoms with E-state index in [-0.39, 0.29) is 5.78 Å². The molecule has 0 aliphatic rings. The van der Waals surface area contributed by atoms with Crippen LogP contribution in [0.15, 0.2) is 54.9 Å². The van der Waals surface area contributed by atoms with Gasteiger partial charge in [0.2, 0.25) is 0 Å². The number of Topliss-reactive ketones (excluding diaryl/α,β-unsaturated/α-hetero) is 1. The number of rotatable bonds is 5. The van der Waals surface area contributed by atoms with Gasteiger partial charge < -0.3 is 4.57 Å². The third kappa shape index (κ3) is 2.87. The SMILES string of the molecule is CCCn1ccnc1CC(=O)c1ccc2ccccc2c1. The molecule has 21 heavy (non-hydrogen) atoms. The summed E-state index contributed by atoms with van der Waals surface area (Å²) in [6, 6.07) is 13.9. The number of hydrogen-bond donors (Lipinski definition) is 0. The molecule has 3 rings (SSSR count). The van der Waals surface area contributed by atoms with Gasteiger partial charge in [0.1, 0.15) is 5.82 Å². The number of fused-ring (bicyclic) bond motifs is 1. The van der Waals surface area contributed by atoms with Crippen LogP contribution in [-0.4, -0.2) is 15.3 Å². The lowest BCUT2D eigenvalue weighted by Gasteiger charge is -2.06. The molecule has 0 unspecified atom stereocenters. The maximum Gasteiger partial charge on any atom is 0.170 e. The molecule has 0 saturated heterocycles. The molecule has 0 saturated carbocycles. The van der Waals surface area contributed by atoms with Crippen molar-refractivity contribution in [1.82, 2.24) is 9.55 Å². The molecule has 2 aromatic carbocycles. The number of aromatic nitrogens is 2. The molecule has 0 radical (unpaired) electrons. The third-order valence-electron chi connectivity index (χ3n) is 3.66. The van der Waals surface area contributed by atoms with Crippen LogP contribution >= 0.6 is 0 Å². The van der Waals surface area contributed by atoms with Gasteiger partial charge in [-0.15, -0.1) is 0 Å². The van der Waals surface area contributed by atoms with Crippen LogP contribution in [0.2, 0.25) is 0 Å². The standard InChI is InChI=1S/C18H18N2O/c1-2-10-20-11-9-19-18(20)13-17(21)16-8-7-14-5-3-4-6-15(14)12-16/h3-9,11-12H,2,10,13H2,1H3. The molecule has 0 bridgehead atoms. The van der Waals surface area contributed by atoms with Gasteiger partial charge in [-0.05, 0) is 23.3 Å². The van der Waals surface area contributed by atoms with E-state index in [1.165, 1.54) is 0 Å². The van der Waals surface area contributed by atoms with Crippen LogP contribution in [0.1, 0.15) is 29.5 Å². The smallest absolute Gasteiger partial charge is 0.170 e. The molecule has 106 valence electrons. The minimum Gasteiger partial charge on any atom is -0.335 e. The van der Waals surface area contributed by atoms with E-state index in [2.05, 4.69) is 22.5 Å². The Morgan fingerprint density at radius 2 is 1.95 bits per heavy atom. The first-order valence-electron chi connectivity index (χ1n) is 7.30. The number of benzene rings is 2. The normalized spacial score (nSPS) is 10.9. The zero-order valence-corrected chi connectivity index (χ0v) is 12.1. The number of imidazole rings is 1. The van der Waals surface area contributed by atoms with Crippen molar-refractivity contribution in [2.45, 2.75) is 26.3 Å². The summed E-state index contributed by atoms with van der Waals surface area (Å²) < 4.78 is 2.05. The molecule has 0 atom stereocenters. The Morgan fingerprint density at radius 1 is 1.14 bits per heavy atom. The zero-order valence-electron chi connectivity index (χ0n) is 12.1. The van der Waals surface area contributed by atoms with E-state index >= 15 is 0 Å². The largest absolute Gasteiger partial charge is 0.335 e. The summed E-state index contributed by atoms with van der Waals surface area (Å²) in [5, 5.41) is 2.25. The first-order valence-corrected chi connectivity index (χ1v) is 7.30. The first-order chi connectivity index (χ1) is 10.3. The molecule has 0 aliphatic carbocycles. The minimum absolute atomic E-state index is 0.115. The first kappa shape index (κ1) is 13.6. The number of hydrogen-bond acceptors (Lipinski definition) is 2. The summed E-state index contributed by atoms with van der Waals surface area (Å²) >= 11 is 0. The van der Waals surface area contributed by atoms with Crippen molar-refractivity contribution in [3.63, 3.8) is 0 Å². The minimum atomic E-state index is 0.115. The second-order valence-electron chi connectivity index (χ2n) is 5.20. The monoisotopic (exact) mass is 278 g/mol. The van der Waals surface area contributed by atoms with Gasteiger partial charge in [0, 0.05) is 24.5 Å². The van der Waals surface area contributed by atoms with Crippen molar-refractivity contribution in [1.29, 1.82) is 0 Å². The fraction of sp³-hybridized carbons (Fsp3) is 0.222. The van der Waals surface area contributed by atoms with E-state index in [9.17, 15) is 4.79 Å². The predicted molar refractivity (Wildman–Crippen MR) is 84.5 cm³/mol. The molecule has 0 aliphatic heterocycles. The van der Waals surface area contributed by atoms with Crippen LogP contribution in [0.3, 0.4) is 0 Å². The Kier molecular flexibility index (Phi) is 3.82. The van der Waals surface area contributed by atoms with Gasteiger partial charge in [-0.3, -0.25) is 4.79 Å². The van der Waals surface area contributed by atoms with Crippen LogP contribution in [0.4, 0.5) is 0 Å². The second kappa shape index (κ2) is 5.92. The van der Waals surface area contributed by atoms with Crippen molar-refractivity contribution in [3.8, 4) is 0 Å². The molecule has 3 nitrogen and oxygen atoms in total. The topological polar surface area (TPSA) is 34.9 Å². The highest BCUT2D eigenvalue weighted by molar-refractivity contribution is 6.00. The summed E-state index contributed by atoms with van der Waals surface area (Å²) in [7, 11) is 0. The maximum absolute atomic E-state index is 12.5. The van der Waals surface area contributed by atoms with Crippen molar-refractivity contribution in [3.05, 3.63) is 66.2 Å². The Bertz CT molecular complexity index is 773. The van der Waals surface area contributed by atoms with Crippen LogP contribution in [-0.2, 0) is 13.0 Å². The Hall–Kier alpha value is -2.42. The van der Waals surface area contributed by atoms with E-state index < -0.39 is 0 Å². The number of carbonyl (C=O) groups excluding carboxylic acids is 1. The number of nitrogens with zero attached hydrogens (tertiary/aromatic N) is 2. The van der Waals surface area contributed by atoms with E-state index in [0.29, 0.717) is 6.42 Å². The summed E-state index contributed by atoms with van der Waals surface area (Å²) in [6.07, 6.45) is 5.09. The molecule has 0 N–H and O–H groups in total. The highest BCUT2D eigenvalue weighted by Crippen LogP contribution is 2.17. The van der Waals surface area contributed by atoms with Crippen LogP contribution in [0.5, 0.6) is 0 Å². The fourth-order valence-electron chi connectivity index (χ4n) is 2.56. The summed E-state index contributed by atoms with van der Waals surface area (Å²) in [4.78, 5) is 16.8. The highest BCUT2D eigenvalue weighted by atomic mass is 16.1. The van der Waals surface area contributed by atoms with E-state index in [1.807, 2.05) is 42.6 Å². The van der Waals surface area contributed by atoms with Gasteiger partial charge in [-0.25, -0.2) is 4.98 Å². The lowest BCUT2D eigenvalue weighted by molar-refractivity contribution is 0.0990. The van der Waals surface area contributed by atoms with Crippen molar-refractivity contribution < 1.29 is 4.79 Å². The predicted octanol–water partition coefficient (Wildman–Crippen LogP) is 3.87. The molecule has 0 spiro atoms. The lowest BCUT2D eigenvalue weighted by Crippen LogP contribution is -2.10. The van der Waals surface area contributed by atoms with E-state index in [4.69, 9.17) is 0 Å². The van der Waals surface area contributed by atoms with Crippen molar-refractivity contribution in [2.75, 3.05) is 0 Å². The average Bonchev–Trinajstić information content (AvgIpc) is 2.94. The number of aryl methyl sites for hydroxylation is 1. The lowest BCUT2D eigenvalue weighted by atomic mass is 10.0. The molecule has 0 amide bonds. The number of carbonyl (C=O) groups is 1. The van der Waals surface area contributed by atoms with Gasteiger partial charge in [0.25, 0.3) is 0 Å². The van der Waals surface area contributed by atoms with Crippen LogP contribution in [0, 0.1) is 0 Å². The van der Waals surface area contributed by atoms with Crippen LogP contribution in [0.25, 0.3) is 10.8 Å². The summed E-state index contributed by atoms with van der Waals surface area (Å²) in [6.45, 7) is 3.02. The summed E-state index contributed by atoms with van der Waals surface area (Å²) in [5.41, 5.74) is 0.750. The zero-order chi connectivity index (χ0) is 14.7. The third-order valence-corrected chi connectivity index (χ3v) is 3.66. The van der Waals surface area contributed by atoms with Gasteiger partial charge in [0.05, 0.1) is 6.42 Å². The van der Waals surface area contributed by atoms with Gasteiger partial charge in [0.15, 0.2) is 5.78 Å². The van der Waals surface area contributed by atoms with Crippen LogP contribution < -0.4 is 0 Å². The molecule has 1 aromatic heterocycles. The fourth-order valence-corrected chi connectivity index (χ4v) is 2.56. The molecular formula is C18H18N2O. The van der Waals surface area contributed by atoms with Gasteiger partial charge >= 0.3 is 0 Å². The van der Waals surface area contributed by atoms with E-state index in [0.717, 1.165) is 35.1 Å². The van der Waals surface area contributed by atoms with E-state index in [1.54, 1.807) is 6.20 Å². The Balaban J connectivity index is 1.84. The molecule has 3 aromatic rings. The molecular weight excluding hydrogens is 260 g/mol. The number of ketones is 1. The Labute approximate surface area is 124 Å². The molecule has 1 heterocycles. The van der Waals surface area contributed by atoms with Crippen molar-refractivity contribution in [2.24, 2.45) is 0 Å². The van der Waals surface area contributed by atoms with Gasteiger partial charge in [-0.1, -0.05) is 43.3 Å². The maximum atomic E-state index is 12.5. The summed E-state index contributed by atoms with van der Waals surface area (Å²) in [5.74, 6) is 0.958. The quantitative estimate of drug-likeness (QED) is 0.664. The Morgan fingerprint density at radius 3 is 2.76 bits per heavy atom. The van der Waals surface area contributed by atoms with Gasteiger partial charge in [-0.2, -0.15) is 0 Å².